The van der Waals surface area contributed by atoms with Crippen molar-refractivity contribution >= 4 is 6.16 Å². The first-order chi connectivity index (χ1) is 6.65. The van der Waals surface area contributed by atoms with E-state index in [-0.39, 0.29) is 0 Å². The Morgan fingerprint density at radius 1 is 1.27 bits per heavy atom. The number of alkyl halides is 6. The molecule has 88 valence electrons. The number of ether oxygens (including phenoxy) is 2. The summed E-state index contributed by atoms with van der Waals surface area (Å²) in [7, 11) is 0. The van der Waals surface area contributed by atoms with E-state index in [0.717, 1.165) is 0 Å². The van der Waals surface area contributed by atoms with Gasteiger partial charge in [-0.3, -0.25) is 0 Å². The van der Waals surface area contributed by atoms with Crippen LogP contribution in [-0.4, -0.2) is 37.1 Å². The van der Waals surface area contributed by atoms with Crippen LogP contribution in [0.15, 0.2) is 0 Å². The molecule has 2 unspecified atom stereocenters. The van der Waals surface area contributed by atoms with Gasteiger partial charge in [-0.05, 0) is 0 Å². The van der Waals surface area contributed by atoms with Crippen molar-refractivity contribution in [2.24, 2.45) is 0 Å². The summed E-state index contributed by atoms with van der Waals surface area (Å²) in [5.74, 6) is -4.86. The van der Waals surface area contributed by atoms with E-state index in [0.29, 0.717) is 0 Å². The maximum Gasteiger partial charge on any atom is 0.509 e. The molecular weight excluding hydrogens is 234 g/mol. The lowest BCUT2D eigenvalue weighted by molar-refractivity contribution is -0.263. The summed E-state index contributed by atoms with van der Waals surface area (Å²) >= 11 is 0. The first-order valence-corrected chi connectivity index (χ1v) is 3.57. The van der Waals surface area contributed by atoms with Gasteiger partial charge >= 0.3 is 18.3 Å². The van der Waals surface area contributed by atoms with Crippen LogP contribution in [0, 0.1) is 0 Å². The second kappa shape index (κ2) is 3.46. The second-order valence-corrected chi connectivity index (χ2v) is 2.75. The minimum atomic E-state index is -5.72. The highest BCUT2D eigenvalue weighted by Gasteiger charge is 2.63. The summed E-state index contributed by atoms with van der Waals surface area (Å²) in [5.41, 5.74) is 0. The third kappa shape index (κ3) is 2.26. The van der Waals surface area contributed by atoms with Crippen LogP contribution in [-0.2, 0) is 9.47 Å². The number of hydrogen-bond acceptors (Lipinski definition) is 3. The molecule has 0 radical (unpaired) electrons. The van der Waals surface area contributed by atoms with Gasteiger partial charge in [0.25, 0.3) is 6.17 Å². The van der Waals surface area contributed by atoms with Gasteiger partial charge in [0, 0.05) is 0 Å². The van der Waals surface area contributed by atoms with Crippen molar-refractivity contribution in [3.63, 3.8) is 0 Å². The quantitative estimate of drug-likeness (QED) is 0.545. The highest BCUT2D eigenvalue weighted by Crippen LogP contribution is 2.39. The molecule has 0 amide bonds. The van der Waals surface area contributed by atoms with Gasteiger partial charge in [0.05, 0.1) is 0 Å². The van der Waals surface area contributed by atoms with E-state index in [2.05, 4.69) is 9.47 Å². The molecule has 0 aromatic heterocycles. The molecule has 0 N–H and O–H groups in total. The molecule has 0 aromatic carbocycles. The Bertz CT molecular complexity index is 262. The largest absolute Gasteiger partial charge is 0.509 e. The van der Waals surface area contributed by atoms with Crippen LogP contribution in [0.25, 0.3) is 0 Å². The number of cyclic esters (lactones) is 2. The van der Waals surface area contributed by atoms with E-state index in [1.54, 1.807) is 0 Å². The van der Waals surface area contributed by atoms with Crippen molar-refractivity contribution in [3.05, 3.63) is 0 Å². The third-order valence-electron chi connectivity index (χ3n) is 1.65. The van der Waals surface area contributed by atoms with Crippen LogP contribution in [0.5, 0.6) is 0 Å². The van der Waals surface area contributed by atoms with E-state index in [9.17, 15) is 31.1 Å². The van der Waals surface area contributed by atoms with E-state index in [1.807, 2.05) is 0 Å². The van der Waals surface area contributed by atoms with Crippen molar-refractivity contribution in [3.8, 4) is 0 Å². The van der Waals surface area contributed by atoms with Crippen molar-refractivity contribution in [2.75, 3.05) is 6.61 Å². The summed E-state index contributed by atoms with van der Waals surface area (Å²) in [6.45, 7) is -1.11. The Morgan fingerprint density at radius 3 is 2.13 bits per heavy atom. The van der Waals surface area contributed by atoms with Crippen LogP contribution in [0.4, 0.5) is 31.1 Å². The summed E-state index contributed by atoms with van der Waals surface area (Å²) < 4.78 is 80.3. The Morgan fingerprint density at radius 2 is 1.80 bits per heavy atom. The molecule has 3 nitrogen and oxygen atoms in total. The molecule has 1 fully saturated rings. The van der Waals surface area contributed by atoms with Gasteiger partial charge in [-0.15, -0.1) is 0 Å². The van der Waals surface area contributed by atoms with Crippen LogP contribution in [0.3, 0.4) is 0 Å². The molecule has 1 heterocycles. The van der Waals surface area contributed by atoms with Crippen LogP contribution in [0.2, 0.25) is 0 Å². The van der Waals surface area contributed by atoms with E-state index in [1.165, 1.54) is 0 Å². The molecule has 0 aromatic rings. The van der Waals surface area contributed by atoms with Crippen molar-refractivity contribution in [2.45, 2.75) is 24.4 Å². The van der Waals surface area contributed by atoms with Crippen molar-refractivity contribution in [1.82, 2.24) is 0 Å². The number of carbonyl (C=O) groups excluding carboxylic acids is 1. The van der Waals surface area contributed by atoms with Crippen molar-refractivity contribution in [1.29, 1.82) is 0 Å². The monoisotopic (exact) mass is 238 g/mol. The Balaban J connectivity index is 2.78. The SMILES string of the molecule is O=C1OCC(C(F)(F)C(F)C(F)(F)F)O1. The summed E-state index contributed by atoms with van der Waals surface area (Å²) in [4.78, 5) is 10.2. The average molecular weight is 238 g/mol. The molecule has 15 heavy (non-hydrogen) atoms. The Labute approximate surface area is 78.9 Å². The molecule has 0 aliphatic carbocycles. The minimum absolute atomic E-state index is 1.11. The number of halogens is 6. The smallest absolute Gasteiger partial charge is 0.430 e. The molecular formula is C6H4F6O3. The number of carbonyl (C=O) groups is 1. The van der Waals surface area contributed by atoms with Gasteiger partial charge in [-0.25, -0.2) is 9.18 Å². The highest BCUT2D eigenvalue weighted by molar-refractivity contribution is 5.62. The predicted molar refractivity (Wildman–Crippen MR) is 32.1 cm³/mol. The van der Waals surface area contributed by atoms with Gasteiger partial charge in [0.15, 0.2) is 0 Å². The molecule has 2 atom stereocenters. The van der Waals surface area contributed by atoms with Gasteiger partial charge < -0.3 is 9.47 Å². The summed E-state index contributed by atoms with van der Waals surface area (Å²) in [6, 6.07) is 0. The third-order valence-corrected chi connectivity index (χ3v) is 1.65. The first kappa shape index (κ1) is 11.9. The molecule has 9 heteroatoms. The Kier molecular flexibility index (Phi) is 2.75. The topological polar surface area (TPSA) is 35.5 Å². The standard InChI is InChI=1S/C6H4F6O3/c7-3(6(10,11)12)5(8,9)2-1-14-4(13)15-2/h2-3H,1H2. The maximum atomic E-state index is 12.7. The van der Waals surface area contributed by atoms with E-state index >= 15 is 0 Å². The number of hydrogen-bond donors (Lipinski definition) is 0. The lowest BCUT2D eigenvalue weighted by Gasteiger charge is -2.25. The zero-order valence-corrected chi connectivity index (χ0v) is 6.85. The van der Waals surface area contributed by atoms with Crippen LogP contribution >= 0.6 is 0 Å². The summed E-state index contributed by atoms with van der Waals surface area (Å²) in [5, 5.41) is 0. The normalized spacial score (nSPS) is 24.7. The maximum absolute atomic E-state index is 12.7. The zero-order chi connectivity index (χ0) is 11.9. The van der Waals surface area contributed by atoms with E-state index < -0.39 is 37.1 Å². The molecule has 0 bridgehead atoms. The van der Waals surface area contributed by atoms with Gasteiger partial charge in [0.1, 0.15) is 6.61 Å². The Hall–Kier alpha value is -1.15. The minimum Gasteiger partial charge on any atom is -0.430 e. The van der Waals surface area contributed by atoms with Crippen molar-refractivity contribution < 1.29 is 40.6 Å². The molecule has 1 saturated heterocycles. The molecule has 1 aliphatic heterocycles. The molecule has 0 spiro atoms. The fourth-order valence-electron chi connectivity index (χ4n) is 0.899. The second-order valence-electron chi connectivity index (χ2n) is 2.75. The van der Waals surface area contributed by atoms with Gasteiger partial charge in [-0.1, -0.05) is 0 Å². The molecule has 1 rings (SSSR count). The van der Waals surface area contributed by atoms with Gasteiger partial charge in [0.2, 0.25) is 6.10 Å². The van der Waals surface area contributed by atoms with Crippen LogP contribution in [0.1, 0.15) is 0 Å². The van der Waals surface area contributed by atoms with Crippen LogP contribution < -0.4 is 0 Å². The number of rotatable bonds is 2. The molecule has 0 saturated carbocycles. The zero-order valence-electron chi connectivity index (χ0n) is 6.85. The molecule has 1 aliphatic rings. The lowest BCUT2D eigenvalue weighted by Crippen LogP contribution is -2.50. The first-order valence-electron chi connectivity index (χ1n) is 3.57. The highest BCUT2D eigenvalue weighted by atomic mass is 19.4. The van der Waals surface area contributed by atoms with E-state index in [4.69, 9.17) is 0 Å². The summed E-state index contributed by atoms with van der Waals surface area (Å²) in [6.07, 6.45) is -14.2. The lowest BCUT2D eigenvalue weighted by atomic mass is 10.1. The van der Waals surface area contributed by atoms with Gasteiger partial charge in [-0.2, -0.15) is 22.0 Å². The fraction of sp³-hybridized carbons (Fsp3) is 0.833. The average Bonchev–Trinajstić information content (AvgIpc) is 2.49. The predicted octanol–water partition coefficient (Wildman–Crippen LogP) is 2.06. The fourth-order valence-corrected chi connectivity index (χ4v) is 0.899.